The van der Waals surface area contributed by atoms with E-state index >= 15 is 0 Å². The van der Waals surface area contributed by atoms with Gasteiger partial charge in [-0.1, -0.05) is 60.7 Å². The molecular formula is C27H30N4O5. The van der Waals surface area contributed by atoms with Gasteiger partial charge in [0, 0.05) is 0 Å². The van der Waals surface area contributed by atoms with Crippen LogP contribution in [0, 0.1) is 0 Å². The lowest BCUT2D eigenvalue weighted by molar-refractivity contribution is -0.203. The topological polar surface area (TPSA) is 124 Å². The Labute approximate surface area is 209 Å². The van der Waals surface area contributed by atoms with Crippen LogP contribution in [0.5, 0.6) is 0 Å². The van der Waals surface area contributed by atoms with Crippen LogP contribution in [-0.4, -0.2) is 55.8 Å². The third-order valence-corrected chi connectivity index (χ3v) is 6.99. The van der Waals surface area contributed by atoms with E-state index in [2.05, 4.69) is 10.1 Å². The molecule has 1 fully saturated rings. The minimum Gasteiger partial charge on any atom is -0.394 e. The number of aromatic nitrogens is 3. The molecule has 1 saturated heterocycles. The summed E-state index contributed by atoms with van der Waals surface area (Å²) in [6.45, 7) is 1.59. The summed E-state index contributed by atoms with van der Waals surface area (Å²) in [5.74, 6) is 0.296. The number of benzene rings is 2. The molecular weight excluding hydrogens is 460 g/mol. The van der Waals surface area contributed by atoms with E-state index in [-0.39, 0.29) is 19.8 Å². The Bertz CT molecular complexity index is 1300. The van der Waals surface area contributed by atoms with E-state index < -0.39 is 30.0 Å². The van der Waals surface area contributed by atoms with Crippen LogP contribution < -0.4 is 5.73 Å². The Morgan fingerprint density at radius 2 is 1.64 bits per heavy atom. The number of fused-ring (bicyclic) bond motifs is 1. The third kappa shape index (κ3) is 4.04. The van der Waals surface area contributed by atoms with Gasteiger partial charge in [0.25, 0.3) is 0 Å². The Kier molecular flexibility index (Phi) is 6.74. The second-order valence-corrected chi connectivity index (χ2v) is 9.08. The summed E-state index contributed by atoms with van der Waals surface area (Å²) in [5.41, 5.74) is 6.43. The molecule has 9 heteroatoms. The second-order valence-electron chi connectivity index (χ2n) is 9.08. The van der Waals surface area contributed by atoms with E-state index in [1.54, 1.807) is 16.6 Å². The molecule has 36 heavy (non-hydrogen) atoms. The fourth-order valence-electron chi connectivity index (χ4n) is 5.04. The first kappa shape index (κ1) is 24.4. The molecule has 0 radical (unpaired) electrons. The maximum Gasteiger partial charge on any atom is 0.165 e. The fraction of sp³-hybridized carbons (Fsp3) is 0.333. The number of ether oxygens (including phenoxy) is 3. The summed E-state index contributed by atoms with van der Waals surface area (Å²) in [7, 11) is 0. The van der Waals surface area contributed by atoms with E-state index in [1.807, 2.05) is 67.6 Å². The predicted octanol–water partition coefficient (Wildman–Crippen LogP) is 2.45. The molecule has 0 saturated carbocycles. The van der Waals surface area contributed by atoms with Gasteiger partial charge in [0.1, 0.15) is 29.7 Å². The van der Waals surface area contributed by atoms with E-state index in [0.717, 1.165) is 11.1 Å². The van der Waals surface area contributed by atoms with Crippen LogP contribution in [0.2, 0.25) is 0 Å². The lowest BCUT2D eigenvalue weighted by Gasteiger charge is -2.42. The molecule has 0 amide bonds. The van der Waals surface area contributed by atoms with Crippen LogP contribution in [0.1, 0.15) is 23.7 Å². The first-order valence-corrected chi connectivity index (χ1v) is 11.8. The van der Waals surface area contributed by atoms with Crippen molar-refractivity contribution in [3.05, 3.63) is 95.9 Å². The van der Waals surface area contributed by atoms with Crippen LogP contribution in [-0.2, 0) is 33.0 Å². The monoisotopic (exact) mass is 490 g/mol. The molecule has 0 spiro atoms. The zero-order valence-corrected chi connectivity index (χ0v) is 20.0. The number of nitrogens with zero attached hydrogens (tertiary/aromatic N) is 3. The summed E-state index contributed by atoms with van der Waals surface area (Å²) in [5, 5.41) is 25.6. The zero-order valence-electron chi connectivity index (χ0n) is 20.0. The van der Waals surface area contributed by atoms with Crippen LogP contribution in [0.4, 0.5) is 5.82 Å². The van der Waals surface area contributed by atoms with Gasteiger partial charge in [0.05, 0.1) is 32.1 Å². The number of hydrogen-bond donors (Lipinski definition) is 3. The number of rotatable bonds is 9. The molecule has 2 aromatic carbocycles. The predicted molar refractivity (Wildman–Crippen MR) is 133 cm³/mol. The van der Waals surface area contributed by atoms with Gasteiger partial charge in [-0.2, -0.15) is 5.10 Å². The number of hydrogen-bond acceptors (Lipinski definition) is 8. The summed E-state index contributed by atoms with van der Waals surface area (Å²) in [6, 6.07) is 23.0. The summed E-state index contributed by atoms with van der Waals surface area (Å²) in [6.07, 6.45) is -0.143. The zero-order chi connectivity index (χ0) is 25.2. The first-order valence-electron chi connectivity index (χ1n) is 11.8. The maximum atomic E-state index is 10.9. The number of aliphatic hydroxyl groups is 2. The molecule has 4 aromatic rings. The van der Waals surface area contributed by atoms with Gasteiger partial charge in [-0.15, -0.1) is 0 Å². The van der Waals surface area contributed by atoms with Crippen LogP contribution in [0.15, 0.2) is 79.1 Å². The Morgan fingerprint density at radius 1 is 0.972 bits per heavy atom. The van der Waals surface area contributed by atoms with Gasteiger partial charge in [-0.3, -0.25) is 0 Å². The summed E-state index contributed by atoms with van der Waals surface area (Å²) >= 11 is 0. The fourth-order valence-corrected chi connectivity index (χ4v) is 5.04. The van der Waals surface area contributed by atoms with Gasteiger partial charge in [-0.25, -0.2) is 9.50 Å². The van der Waals surface area contributed by atoms with E-state index in [1.165, 1.54) is 6.33 Å². The molecule has 4 atom stereocenters. The van der Waals surface area contributed by atoms with Crippen molar-refractivity contribution < 1.29 is 24.4 Å². The van der Waals surface area contributed by atoms with Crippen molar-refractivity contribution >= 4 is 11.3 Å². The maximum absolute atomic E-state index is 10.9. The van der Waals surface area contributed by atoms with Gasteiger partial charge >= 0.3 is 0 Å². The molecule has 1 unspecified atom stereocenters. The van der Waals surface area contributed by atoms with Crippen molar-refractivity contribution in [1.82, 2.24) is 14.6 Å². The second kappa shape index (κ2) is 9.96. The number of nitrogens with two attached hydrogens (primary N) is 1. The van der Waals surface area contributed by atoms with Crippen molar-refractivity contribution in [1.29, 1.82) is 0 Å². The Morgan fingerprint density at radius 3 is 2.28 bits per heavy atom. The lowest BCUT2D eigenvalue weighted by Crippen LogP contribution is -2.57. The molecule has 3 heterocycles. The molecule has 0 bridgehead atoms. The number of nitrogen functional groups attached to an aromatic ring is 1. The SMILES string of the molecule is CC1(OCc2ccccc2)[C@H](OCc2ccccc2)[C@@H](CO)O[C@@]1(CO)c1ccc2c(N)ncnn12. The highest BCUT2D eigenvalue weighted by molar-refractivity contribution is 5.65. The normalized spacial score (nSPS) is 26.0. The highest BCUT2D eigenvalue weighted by Crippen LogP contribution is 2.51. The minimum atomic E-state index is -1.43. The average molecular weight is 491 g/mol. The number of aliphatic hydroxyl groups excluding tert-OH is 2. The largest absolute Gasteiger partial charge is 0.394 e. The highest BCUT2D eigenvalue weighted by Gasteiger charge is 2.66. The lowest BCUT2D eigenvalue weighted by atomic mass is 9.79. The van der Waals surface area contributed by atoms with E-state index in [0.29, 0.717) is 17.0 Å². The quantitative estimate of drug-likeness (QED) is 0.327. The van der Waals surface area contributed by atoms with Crippen molar-refractivity contribution in [2.75, 3.05) is 18.9 Å². The van der Waals surface area contributed by atoms with Crippen molar-refractivity contribution in [3.63, 3.8) is 0 Å². The van der Waals surface area contributed by atoms with Gasteiger partial charge < -0.3 is 30.2 Å². The number of anilines is 1. The molecule has 188 valence electrons. The van der Waals surface area contributed by atoms with Crippen LogP contribution >= 0.6 is 0 Å². The van der Waals surface area contributed by atoms with Gasteiger partial charge in [-0.05, 0) is 30.2 Å². The average Bonchev–Trinajstić information content (AvgIpc) is 3.46. The third-order valence-electron chi connectivity index (χ3n) is 6.99. The highest BCUT2D eigenvalue weighted by atomic mass is 16.6. The van der Waals surface area contributed by atoms with Gasteiger partial charge in [0.2, 0.25) is 0 Å². The standard InChI is InChI=1S/C27H30N4O5/c1-26(35-16-20-10-6-3-7-11-20)24(34-15-19-8-4-2-5-9-19)22(14-32)36-27(26,17-33)23-13-12-21-25(28)29-18-30-31(21)23/h2-13,18,22,24,32-33H,14-17H2,1H3,(H2,28,29,30)/t22-,24-,26?,27+/m1/s1. The van der Waals surface area contributed by atoms with Crippen molar-refractivity contribution in [2.24, 2.45) is 0 Å². The molecule has 1 aliphatic rings. The summed E-state index contributed by atoms with van der Waals surface area (Å²) < 4.78 is 21.1. The van der Waals surface area contributed by atoms with Crippen LogP contribution in [0.3, 0.4) is 0 Å². The molecule has 5 rings (SSSR count). The molecule has 0 aliphatic carbocycles. The molecule has 1 aliphatic heterocycles. The smallest absolute Gasteiger partial charge is 0.165 e. The van der Waals surface area contributed by atoms with E-state index in [9.17, 15) is 10.2 Å². The van der Waals surface area contributed by atoms with Gasteiger partial charge in [0.15, 0.2) is 11.4 Å². The molecule has 9 nitrogen and oxygen atoms in total. The van der Waals surface area contributed by atoms with Crippen LogP contribution in [0.25, 0.3) is 5.52 Å². The minimum absolute atomic E-state index is 0.242. The van der Waals surface area contributed by atoms with E-state index in [4.69, 9.17) is 19.9 Å². The molecule has 2 aromatic heterocycles. The van der Waals surface area contributed by atoms with Crippen molar-refractivity contribution in [3.8, 4) is 0 Å². The van der Waals surface area contributed by atoms with Crippen molar-refractivity contribution in [2.45, 2.75) is 43.5 Å². The first-order chi connectivity index (χ1) is 17.5. The summed E-state index contributed by atoms with van der Waals surface area (Å²) in [4.78, 5) is 4.06. The Hall–Kier alpha value is -3.34. The molecule has 4 N–H and O–H groups in total. The Balaban J connectivity index is 1.59.